The van der Waals surface area contributed by atoms with Gasteiger partial charge in [0, 0.05) is 19.8 Å². The highest BCUT2D eigenvalue weighted by Crippen LogP contribution is 2.39. The average Bonchev–Trinajstić information content (AvgIpc) is 0.760. The predicted octanol–water partition coefficient (Wildman–Crippen LogP) is 8.01. The summed E-state index contributed by atoms with van der Waals surface area (Å²) in [6.45, 7) is 2.20. The summed E-state index contributed by atoms with van der Waals surface area (Å²) in [6.07, 6.45) is 24.8. The van der Waals surface area contributed by atoms with Crippen LogP contribution in [0.1, 0.15) is 278 Å². The number of aliphatic hydroxyl groups excluding tert-OH is 11. The van der Waals surface area contributed by atoms with E-state index in [1.54, 1.807) is 0 Å². The molecule has 0 radical (unpaired) electrons. The molecule has 0 spiro atoms. The number of carbonyl (C=O) groups is 3. The Labute approximate surface area is 568 Å². The van der Waals surface area contributed by atoms with E-state index in [2.05, 4.69) is 48.8 Å². The van der Waals surface area contributed by atoms with Crippen molar-refractivity contribution in [2.75, 3.05) is 26.4 Å². The minimum atomic E-state index is -3.08. The lowest BCUT2D eigenvalue weighted by Gasteiger charge is -2.50. The lowest BCUT2D eigenvalue weighted by Crippen LogP contribution is -2.70. The fourth-order valence-corrected chi connectivity index (χ4v) is 13.0. The molecule has 3 rings (SSSR count). The lowest BCUT2D eigenvalue weighted by molar-refractivity contribution is -0.386. The maximum atomic E-state index is 13.5. The zero-order valence-corrected chi connectivity index (χ0v) is 58.3. The lowest BCUT2D eigenvalue weighted by atomic mass is 9.88. The van der Waals surface area contributed by atoms with Gasteiger partial charge in [0.15, 0.2) is 12.6 Å². The Kier molecular flexibility index (Phi) is 47.5. The molecule has 3 heterocycles. The van der Waals surface area contributed by atoms with Crippen LogP contribution in [0, 0.1) is 0 Å². The number of carbonyl (C=O) groups excluding carboxylic acids is 2. The first-order valence-electron chi connectivity index (χ1n) is 37.2. The van der Waals surface area contributed by atoms with Gasteiger partial charge in [-0.2, -0.15) is 0 Å². The summed E-state index contributed by atoms with van der Waals surface area (Å²) in [5, 5.41) is 136. The summed E-state index contributed by atoms with van der Waals surface area (Å²) >= 11 is 0. The molecule has 0 aromatic heterocycles. The molecule has 3 saturated heterocycles. The Morgan fingerprint density at radius 2 is 1.01 bits per heavy atom. The van der Waals surface area contributed by atoms with Gasteiger partial charge in [-0.3, -0.25) is 9.59 Å². The number of ether oxygens (including phenoxy) is 6. The number of rotatable bonds is 57. The molecule has 23 nitrogen and oxygen atoms in total. The number of unbranched alkanes of at least 4 members (excludes halogenated alkanes) is 33. The van der Waals surface area contributed by atoms with Crippen LogP contribution in [0.15, 0.2) is 24.3 Å². The smallest absolute Gasteiger partial charge is 0.364 e. The van der Waals surface area contributed by atoms with Gasteiger partial charge in [-0.15, -0.1) is 0 Å². The van der Waals surface area contributed by atoms with Gasteiger partial charge >= 0.3 is 5.97 Å². The highest BCUT2D eigenvalue weighted by molar-refractivity contribution is 5.77. The molecule has 2 amide bonds. The number of carboxylic acid groups (broad SMARTS) is 1. The van der Waals surface area contributed by atoms with Crippen LogP contribution in [0.5, 0.6) is 0 Å². The molecule has 23 heteroatoms. The van der Waals surface area contributed by atoms with Crippen molar-refractivity contribution < 1.29 is 104 Å². The largest absolute Gasteiger partial charge is 0.477 e. The van der Waals surface area contributed by atoms with Gasteiger partial charge in [-0.1, -0.05) is 237 Å². The quantitative estimate of drug-likeness (QED) is 0.0202. The molecule has 3 aliphatic rings. The summed E-state index contributed by atoms with van der Waals surface area (Å²) in [5.74, 6) is -6.10. The maximum absolute atomic E-state index is 13.5. The molecule has 0 aromatic carbocycles. The molecule has 0 saturated carbocycles. The molecular weight excluding hydrogens is 1230 g/mol. The van der Waals surface area contributed by atoms with Crippen LogP contribution < -0.4 is 10.6 Å². The van der Waals surface area contributed by atoms with Crippen LogP contribution in [0.3, 0.4) is 0 Å². The molecule has 14 N–H and O–H groups in total. The first kappa shape index (κ1) is 86.4. The van der Waals surface area contributed by atoms with Crippen LogP contribution in [0.2, 0.25) is 0 Å². The van der Waals surface area contributed by atoms with Crippen LogP contribution in [0.4, 0.5) is 0 Å². The number of carboxylic acids is 1. The molecule has 3 aliphatic heterocycles. The number of hydrogen-bond donors (Lipinski definition) is 14. The second-order valence-electron chi connectivity index (χ2n) is 27.2. The normalized spacial score (nSPS) is 27.8. The van der Waals surface area contributed by atoms with Gasteiger partial charge in [0.2, 0.25) is 11.8 Å². The van der Waals surface area contributed by atoms with Crippen molar-refractivity contribution >= 4 is 17.8 Å². The number of hydrogen-bond acceptors (Lipinski definition) is 20. The van der Waals surface area contributed by atoms with Gasteiger partial charge in [0.1, 0.15) is 67.1 Å². The zero-order chi connectivity index (χ0) is 69.6. The van der Waals surface area contributed by atoms with Crippen molar-refractivity contribution in [2.24, 2.45) is 0 Å². The average molecular weight is 1360 g/mol. The van der Waals surface area contributed by atoms with E-state index in [1.807, 2.05) is 0 Å². The highest BCUT2D eigenvalue weighted by atomic mass is 16.8. The van der Waals surface area contributed by atoms with E-state index in [0.717, 1.165) is 71.1 Å². The highest BCUT2D eigenvalue weighted by Gasteiger charge is 2.60. The first-order chi connectivity index (χ1) is 45.9. The summed E-state index contributed by atoms with van der Waals surface area (Å²) in [6, 6.07) is -2.53. The second kappa shape index (κ2) is 52.2. The van der Waals surface area contributed by atoms with Crippen molar-refractivity contribution in [3.05, 3.63) is 24.3 Å². The predicted molar refractivity (Wildman–Crippen MR) is 361 cm³/mol. The zero-order valence-electron chi connectivity index (χ0n) is 58.3. The molecule has 3 fully saturated rings. The summed E-state index contributed by atoms with van der Waals surface area (Å²) in [7, 11) is 0. The molecule has 18 unspecified atom stereocenters. The topological polar surface area (TPSA) is 373 Å². The Balaban J connectivity index is 1.49. The third kappa shape index (κ3) is 34.0. The van der Waals surface area contributed by atoms with E-state index >= 15 is 0 Å². The number of aliphatic carboxylic acids is 1. The fraction of sp³-hybridized carbons (Fsp3) is 0.903. The van der Waals surface area contributed by atoms with Crippen LogP contribution >= 0.6 is 0 Å². The van der Waals surface area contributed by atoms with Gasteiger partial charge in [-0.05, 0) is 44.9 Å². The Morgan fingerprint density at radius 1 is 0.547 bits per heavy atom. The minimum absolute atomic E-state index is 0.223. The number of amides is 2. The monoisotopic (exact) mass is 1360 g/mol. The molecular formula is C72H132N2O21. The number of aliphatic hydroxyl groups is 11. The first-order valence-corrected chi connectivity index (χ1v) is 37.2. The molecule has 0 aromatic rings. The Bertz CT molecular complexity index is 2010. The molecule has 556 valence electrons. The van der Waals surface area contributed by atoms with Crippen molar-refractivity contribution in [1.29, 1.82) is 0 Å². The van der Waals surface area contributed by atoms with Crippen molar-refractivity contribution in [3.8, 4) is 0 Å². The van der Waals surface area contributed by atoms with E-state index in [0.29, 0.717) is 19.3 Å². The van der Waals surface area contributed by atoms with E-state index in [9.17, 15) is 75.7 Å². The number of nitrogens with one attached hydrogen (secondary N) is 2. The summed E-state index contributed by atoms with van der Waals surface area (Å²) < 4.78 is 34.9. The summed E-state index contributed by atoms with van der Waals surface area (Å²) in [4.78, 5) is 38.6. The Hall–Kier alpha value is -2.79. The van der Waals surface area contributed by atoms with Crippen molar-refractivity contribution in [1.82, 2.24) is 10.6 Å². The van der Waals surface area contributed by atoms with Crippen LogP contribution in [0.25, 0.3) is 0 Å². The number of allylic oxidation sites excluding steroid dienone is 4. The van der Waals surface area contributed by atoms with E-state index in [1.165, 1.54) is 161 Å². The summed E-state index contributed by atoms with van der Waals surface area (Å²) in [5.41, 5.74) is 0. The molecule has 0 bridgehead atoms. The third-order valence-corrected chi connectivity index (χ3v) is 18.9. The third-order valence-electron chi connectivity index (χ3n) is 18.9. The Morgan fingerprint density at radius 3 is 1.47 bits per heavy atom. The van der Waals surface area contributed by atoms with Crippen molar-refractivity contribution in [2.45, 2.75) is 387 Å². The second-order valence-corrected chi connectivity index (χ2v) is 27.2. The standard InChI is InChI=1S/C72H132N2O21/c1-4-6-8-10-12-14-16-18-19-20-21-22-23-24-25-26-27-28-29-30-31-32-33-34-36-38-40-42-44-46-59(82)74-53(54(79)45-43-41-39-37-35-17-15-13-11-9-7-5-2)51-90-69-64(86)63(85)66(58(50-77)92-69)93-70-65(87)68(62(84)57(49-76)91-70)95-72(71(88)89)47-55(80)60(73-52(3)78)67(94-72)61(83)56(81)48-75/h21-22,24-25,53-58,60-70,75-77,79-81,83-87H,4-20,23,26-51H2,1-3H3,(H,73,78)(H,74,82)(H,88,89)/b22-21-,25-24-. The van der Waals surface area contributed by atoms with E-state index in [4.69, 9.17) is 28.4 Å². The molecule has 18 atom stereocenters. The van der Waals surface area contributed by atoms with Crippen LogP contribution in [-0.2, 0) is 42.8 Å². The van der Waals surface area contributed by atoms with E-state index < -0.39 is 148 Å². The van der Waals surface area contributed by atoms with Crippen molar-refractivity contribution in [3.63, 3.8) is 0 Å². The van der Waals surface area contributed by atoms with Gasteiger partial charge in [0.25, 0.3) is 5.79 Å². The van der Waals surface area contributed by atoms with Gasteiger partial charge < -0.3 is 100 Å². The van der Waals surface area contributed by atoms with Crippen LogP contribution in [-0.4, -0.2) is 215 Å². The SMILES string of the molecule is CCCCCCCCCCC/C=C\C/C=C\CCCCCCCCCCCCCCCC(=O)NC(COC1OC(CO)C(OC2OC(CO)C(O)C(OC3(C(=O)O)CC(O)C(NC(C)=O)C(C(O)C(O)CO)O3)C2O)C(O)C1O)C(O)CCCCCCCCCCCCCC. The van der Waals surface area contributed by atoms with Gasteiger partial charge in [0.05, 0.1) is 50.7 Å². The van der Waals surface area contributed by atoms with Gasteiger partial charge in [-0.25, -0.2) is 4.79 Å². The maximum Gasteiger partial charge on any atom is 0.364 e. The van der Waals surface area contributed by atoms with E-state index in [-0.39, 0.29) is 18.9 Å². The minimum Gasteiger partial charge on any atom is -0.477 e. The fourth-order valence-electron chi connectivity index (χ4n) is 13.0. The molecule has 0 aliphatic carbocycles. The molecule has 95 heavy (non-hydrogen) atoms.